The van der Waals surface area contributed by atoms with Gasteiger partial charge in [-0.05, 0) is 33.2 Å². The Morgan fingerprint density at radius 3 is 2.62 bits per heavy atom. The van der Waals surface area contributed by atoms with Crippen molar-refractivity contribution in [3.8, 4) is 6.07 Å². The predicted molar refractivity (Wildman–Crippen MR) is 53.2 cm³/mol. The molecule has 0 aromatic heterocycles. The van der Waals surface area contributed by atoms with Gasteiger partial charge in [0.2, 0.25) is 0 Å². The summed E-state index contributed by atoms with van der Waals surface area (Å²) in [4.78, 5) is 0. The summed E-state index contributed by atoms with van der Waals surface area (Å²) in [5, 5.41) is 21.1. The van der Waals surface area contributed by atoms with Gasteiger partial charge in [0.25, 0.3) is 0 Å². The zero-order valence-electron chi connectivity index (χ0n) is 8.80. The number of nitrogens with one attached hydrogen (secondary N) is 1. The van der Waals surface area contributed by atoms with Gasteiger partial charge in [0.1, 0.15) is 0 Å². The molecule has 0 bridgehead atoms. The summed E-state index contributed by atoms with van der Waals surface area (Å²) >= 11 is 0. The lowest BCUT2D eigenvalue weighted by molar-refractivity contribution is 0.166. The molecule has 0 fully saturated rings. The van der Waals surface area contributed by atoms with Crippen LogP contribution in [0.5, 0.6) is 0 Å². The summed E-state index contributed by atoms with van der Waals surface area (Å²) in [6, 6.07) is 2.24. The Kier molecular flexibility index (Phi) is 5.68. The van der Waals surface area contributed by atoms with Gasteiger partial charge < -0.3 is 10.4 Å². The molecular weight excluding hydrogens is 164 g/mol. The first-order chi connectivity index (χ1) is 6.02. The van der Waals surface area contributed by atoms with Crippen molar-refractivity contribution in [1.29, 1.82) is 5.26 Å². The van der Waals surface area contributed by atoms with Gasteiger partial charge >= 0.3 is 0 Å². The third kappa shape index (κ3) is 6.56. The van der Waals surface area contributed by atoms with Crippen LogP contribution in [0.1, 0.15) is 33.6 Å². The fourth-order valence-electron chi connectivity index (χ4n) is 0.870. The standard InChI is InChI=1S/C10H20N2O/c1-4-9(13)7-12-6-5-10(2,3)8-11/h9,12-13H,4-7H2,1-3H3. The van der Waals surface area contributed by atoms with Crippen LogP contribution >= 0.6 is 0 Å². The summed E-state index contributed by atoms with van der Waals surface area (Å²) < 4.78 is 0. The van der Waals surface area contributed by atoms with Crippen molar-refractivity contribution in [1.82, 2.24) is 5.32 Å². The lowest BCUT2D eigenvalue weighted by Crippen LogP contribution is -2.29. The van der Waals surface area contributed by atoms with E-state index in [0.29, 0.717) is 6.54 Å². The summed E-state index contributed by atoms with van der Waals surface area (Å²) in [5.41, 5.74) is -0.260. The van der Waals surface area contributed by atoms with E-state index in [2.05, 4.69) is 11.4 Å². The van der Waals surface area contributed by atoms with E-state index in [1.807, 2.05) is 20.8 Å². The third-order valence-corrected chi connectivity index (χ3v) is 2.08. The molecule has 0 aromatic rings. The quantitative estimate of drug-likeness (QED) is 0.611. The van der Waals surface area contributed by atoms with Gasteiger partial charge in [-0.3, -0.25) is 0 Å². The molecule has 0 radical (unpaired) electrons. The monoisotopic (exact) mass is 184 g/mol. The van der Waals surface area contributed by atoms with Gasteiger partial charge in [-0.15, -0.1) is 0 Å². The van der Waals surface area contributed by atoms with Crippen molar-refractivity contribution in [2.75, 3.05) is 13.1 Å². The minimum Gasteiger partial charge on any atom is -0.392 e. The van der Waals surface area contributed by atoms with Crippen molar-refractivity contribution in [2.45, 2.75) is 39.7 Å². The zero-order chi connectivity index (χ0) is 10.3. The van der Waals surface area contributed by atoms with E-state index in [9.17, 15) is 5.11 Å². The van der Waals surface area contributed by atoms with Crippen LogP contribution in [0.2, 0.25) is 0 Å². The molecule has 1 unspecified atom stereocenters. The second-order valence-corrected chi connectivity index (χ2v) is 4.01. The molecule has 3 nitrogen and oxygen atoms in total. The molecule has 1 atom stereocenters. The maximum atomic E-state index is 9.22. The molecule has 0 rings (SSSR count). The highest BCUT2D eigenvalue weighted by Gasteiger charge is 2.15. The van der Waals surface area contributed by atoms with Crippen molar-refractivity contribution in [3.05, 3.63) is 0 Å². The van der Waals surface area contributed by atoms with E-state index >= 15 is 0 Å². The first-order valence-electron chi connectivity index (χ1n) is 4.82. The number of hydrogen-bond donors (Lipinski definition) is 2. The van der Waals surface area contributed by atoms with E-state index in [0.717, 1.165) is 19.4 Å². The topological polar surface area (TPSA) is 56.0 Å². The molecule has 0 amide bonds. The number of nitriles is 1. The van der Waals surface area contributed by atoms with Gasteiger partial charge in [0, 0.05) is 6.54 Å². The Balaban J connectivity index is 3.42. The molecule has 0 aliphatic rings. The molecule has 0 saturated heterocycles. The number of aliphatic hydroxyl groups excluding tert-OH is 1. The fraction of sp³-hybridized carbons (Fsp3) is 0.900. The molecule has 0 saturated carbocycles. The lowest BCUT2D eigenvalue weighted by Gasteiger charge is -2.16. The van der Waals surface area contributed by atoms with Crippen molar-refractivity contribution in [3.63, 3.8) is 0 Å². The average Bonchev–Trinajstić information content (AvgIpc) is 2.12. The molecule has 13 heavy (non-hydrogen) atoms. The third-order valence-electron chi connectivity index (χ3n) is 2.08. The van der Waals surface area contributed by atoms with E-state index in [4.69, 9.17) is 5.26 Å². The summed E-state index contributed by atoms with van der Waals surface area (Å²) in [6.07, 6.45) is 1.33. The van der Waals surface area contributed by atoms with E-state index in [-0.39, 0.29) is 11.5 Å². The Morgan fingerprint density at radius 2 is 2.15 bits per heavy atom. The van der Waals surface area contributed by atoms with Crippen molar-refractivity contribution < 1.29 is 5.11 Å². The van der Waals surface area contributed by atoms with Crippen LogP contribution in [0.3, 0.4) is 0 Å². The Morgan fingerprint density at radius 1 is 1.54 bits per heavy atom. The number of hydrogen-bond acceptors (Lipinski definition) is 3. The van der Waals surface area contributed by atoms with Gasteiger partial charge in [-0.1, -0.05) is 6.92 Å². The van der Waals surface area contributed by atoms with Gasteiger partial charge in [-0.25, -0.2) is 0 Å². The maximum absolute atomic E-state index is 9.22. The van der Waals surface area contributed by atoms with Crippen LogP contribution in [0, 0.1) is 16.7 Å². The predicted octanol–water partition coefficient (Wildman–Crippen LogP) is 1.29. The molecule has 0 aliphatic heterocycles. The molecule has 0 heterocycles. The molecule has 76 valence electrons. The lowest BCUT2D eigenvalue weighted by atomic mass is 9.91. The van der Waals surface area contributed by atoms with Crippen LogP contribution in [-0.4, -0.2) is 24.3 Å². The molecule has 0 spiro atoms. The second kappa shape index (κ2) is 5.95. The zero-order valence-corrected chi connectivity index (χ0v) is 8.80. The van der Waals surface area contributed by atoms with E-state index in [1.165, 1.54) is 0 Å². The molecule has 0 aliphatic carbocycles. The molecular formula is C10H20N2O. The number of nitrogens with zero attached hydrogens (tertiary/aromatic N) is 1. The normalized spacial score (nSPS) is 13.8. The first-order valence-corrected chi connectivity index (χ1v) is 4.82. The summed E-state index contributed by atoms with van der Waals surface area (Å²) in [6.45, 7) is 7.21. The fourth-order valence-corrected chi connectivity index (χ4v) is 0.870. The smallest absolute Gasteiger partial charge is 0.0684 e. The minimum absolute atomic E-state index is 0.259. The second-order valence-electron chi connectivity index (χ2n) is 4.01. The summed E-state index contributed by atoms with van der Waals surface area (Å²) in [7, 11) is 0. The highest BCUT2D eigenvalue weighted by atomic mass is 16.3. The molecule has 3 heteroatoms. The largest absolute Gasteiger partial charge is 0.392 e. The Hall–Kier alpha value is -0.590. The highest BCUT2D eigenvalue weighted by Crippen LogP contribution is 2.16. The van der Waals surface area contributed by atoms with Crippen LogP contribution in [-0.2, 0) is 0 Å². The van der Waals surface area contributed by atoms with Gasteiger partial charge in [-0.2, -0.15) is 5.26 Å². The van der Waals surface area contributed by atoms with Crippen LogP contribution in [0.4, 0.5) is 0 Å². The van der Waals surface area contributed by atoms with Crippen molar-refractivity contribution in [2.24, 2.45) is 5.41 Å². The highest BCUT2D eigenvalue weighted by molar-refractivity contribution is 4.91. The minimum atomic E-state index is -0.260. The number of aliphatic hydroxyl groups is 1. The number of rotatable bonds is 6. The molecule has 2 N–H and O–H groups in total. The van der Waals surface area contributed by atoms with Crippen LogP contribution in [0.25, 0.3) is 0 Å². The van der Waals surface area contributed by atoms with Crippen LogP contribution < -0.4 is 5.32 Å². The van der Waals surface area contributed by atoms with E-state index < -0.39 is 0 Å². The Labute approximate surface area is 80.8 Å². The van der Waals surface area contributed by atoms with E-state index in [1.54, 1.807) is 0 Å². The van der Waals surface area contributed by atoms with Gasteiger partial charge in [0.05, 0.1) is 17.6 Å². The maximum Gasteiger partial charge on any atom is 0.0684 e. The molecule has 0 aromatic carbocycles. The van der Waals surface area contributed by atoms with Crippen LogP contribution in [0.15, 0.2) is 0 Å². The summed E-state index contributed by atoms with van der Waals surface area (Å²) in [5.74, 6) is 0. The first kappa shape index (κ1) is 12.4. The van der Waals surface area contributed by atoms with Crippen molar-refractivity contribution >= 4 is 0 Å². The Bertz CT molecular complexity index is 172. The SMILES string of the molecule is CCC(O)CNCCC(C)(C)C#N. The van der Waals surface area contributed by atoms with Gasteiger partial charge in [0.15, 0.2) is 0 Å². The average molecular weight is 184 g/mol.